The van der Waals surface area contributed by atoms with Gasteiger partial charge in [-0.05, 0) is 82.3 Å². The number of rotatable bonds is 22. The van der Waals surface area contributed by atoms with Gasteiger partial charge in [-0.15, -0.1) is 0 Å². The van der Waals surface area contributed by atoms with E-state index in [1.54, 1.807) is 71.9 Å². The van der Waals surface area contributed by atoms with E-state index in [0.717, 1.165) is 22.3 Å². The Hall–Kier alpha value is -6.42. The molecule has 0 spiro atoms. The molecule has 6 atom stereocenters. The Balaban J connectivity index is 1.40. The van der Waals surface area contributed by atoms with Crippen LogP contribution in [0.4, 0.5) is 4.79 Å². The van der Waals surface area contributed by atoms with Crippen molar-refractivity contribution >= 4 is 23.9 Å². The molecule has 1 heterocycles. The van der Waals surface area contributed by atoms with Crippen LogP contribution in [-0.4, -0.2) is 84.4 Å². The second-order valence-electron chi connectivity index (χ2n) is 19.2. The molecule has 1 fully saturated rings. The number of alkyl carbamates (subject to hydrolysis) is 1. The Morgan fingerprint density at radius 3 is 1.54 bits per heavy atom. The van der Waals surface area contributed by atoms with E-state index < -0.39 is 77.7 Å². The van der Waals surface area contributed by atoms with E-state index in [9.17, 15) is 19.2 Å². The van der Waals surface area contributed by atoms with E-state index in [1.807, 2.05) is 121 Å². The third kappa shape index (κ3) is 16.9. The van der Waals surface area contributed by atoms with Gasteiger partial charge in [0.1, 0.15) is 41.7 Å². The number of nitrogens with one attached hydrogen (secondary N) is 3. The van der Waals surface area contributed by atoms with Crippen molar-refractivity contribution in [3.63, 3.8) is 0 Å². The second-order valence-corrected chi connectivity index (χ2v) is 19.2. The lowest BCUT2D eigenvalue weighted by Crippen LogP contribution is -2.73. The van der Waals surface area contributed by atoms with E-state index in [1.165, 1.54) is 0 Å². The van der Waals surface area contributed by atoms with Crippen molar-refractivity contribution in [3.05, 3.63) is 179 Å². The molecular formula is C56H67N3O11. The van der Waals surface area contributed by atoms with Crippen LogP contribution in [-0.2, 0) is 69.2 Å². The minimum Gasteiger partial charge on any atom is -0.458 e. The van der Waals surface area contributed by atoms with Crippen LogP contribution < -0.4 is 16.0 Å². The van der Waals surface area contributed by atoms with Gasteiger partial charge in [0, 0.05) is 12.1 Å². The lowest BCUT2D eigenvalue weighted by molar-refractivity contribution is -0.313. The fraction of sp³-hybridized carbons (Fsp3) is 0.393. The second kappa shape index (κ2) is 25.4. The Morgan fingerprint density at radius 2 is 1.04 bits per heavy atom. The number of carbonyl (C=O) groups is 4. The predicted molar refractivity (Wildman–Crippen MR) is 264 cm³/mol. The standard InChI is InChI=1S/C56H67N3O11/c1-54(2,3)69-52(62)45(58-53(63)70-55(4,5)6)32-33-57-47(60)34-56(59-51(61)44-30-20-11-21-31-44)50(67-38-43-28-18-10-19-29-43)49(66-37-42-26-16-9-17-27-42)48(65-36-41-24-14-8-15-25-41)46(68-56)39-64-35-40-22-12-7-13-23-40/h7-31,45-46,48-50H,32-39H2,1-6H3,(H,57,60)(H,58,63)(H,59,61)/t45-,46+,48-,49-,50+,56-/m0/s1. The van der Waals surface area contributed by atoms with Gasteiger partial charge in [-0.25, -0.2) is 9.59 Å². The van der Waals surface area contributed by atoms with Crippen molar-refractivity contribution in [1.29, 1.82) is 0 Å². The number of carbonyl (C=O) groups excluding carboxylic acids is 4. The summed E-state index contributed by atoms with van der Waals surface area (Å²) >= 11 is 0. The molecule has 0 unspecified atom stereocenters. The largest absolute Gasteiger partial charge is 0.458 e. The molecule has 1 saturated heterocycles. The molecule has 70 heavy (non-hydrogen) atoms. The number of benzene rings is 5. The molecule has 14 heteroatoms. The fourth-order valence-electron chi connectivity index (χ4n) is 7.83. The fourth-order valence-corrected chi connectivity index (χ4v) is 7.83. The van der Waals surface area contributed by atoms with Crippen LogP contribution in [0.5, 0.6) is 0 Å². The van der Waals surface area contributed by atoms with Crippen LogP contribution in [0.25, 0.3) is 0 Å². The molecule has 14 nitrogen and oxygen atoms in total. The molecule has 5 aromatic carbocycles. The normalized spacial score (nSPS) is 19.6. The lowest BCUT2D eigenvalue weighted by atomic mass is 9.86. The van der Waals surface area contributed by atoms with Gasteiger partial charge in [0.15, 0.2) is 5.72 Å². The zero-order chi connectivity index (χ0) is 50.0. The van der Waals surface area contributed by atoms with Crippen molar-refractivity contribution < 1.29 is 52.3 Å². The van der Waals surface area contributed by atoms with Crippen LogP contribution in [0.15, 0.2) is 152 Å². The summed E-state index contributed by atoms with van der Waals surface area (Å²) in [6, 6.07) is 46.0. The number of esters is 1. The molecule has 0 aliphatic carbocycles. The number of hydrogen-bond acceptors (Lipinski definition) is 11. The zero-order valence-electron chi connectivity index (χ0n) is 41.0. The van der Waals surface area contributed by atoms with Crippen molar-refractivity contribution in [1.82, 2.24) is 16.0 Å². The highest BCUT2D eigenvalue weighted by atomic mass is 16.6. The van der Waals surface area contributed by atoms with Gasteiger partial charge in [-0.2, -0.15) is 0 Å². The van der Waals surface area contributed by atoms with E-state index in [2.05, 4.69) is 16.0 Å². The third-order valence-corrected chi connectivity index (χ3v) is 11.0. The summed E-state index contributed by atoms with van der Waals surface area (Å²) in [5, 5.41) is 8.65. The van der Waals surface area contributed by atoms with Crippen molar-refractivity contribution in [2.45, 2.75) is 128 Å². The molecule has 6 rings (SSSR count). The smallest absolute Gasteiger partial charge is 0.408 e. The van der Waals surface area contributed by atoms with Gasteiger partial charge in [-0.3, -0.25) is 9.59 Å². The first-order chi connectivity index (χ1) is 33.6. The van der Waals surface area contributed by atoms with E-state index in [4.69, 9.17) is 33.2 Å². The summed E-state index contributed by atoms with van der Waals surface area (Å²) in [7, 11) is 0. The molecule has 5 aromatic rings. The highest BCUT2D eigenvalue weighted by Gasteiger charge is 2.58. The number of ether oxygens (including phenoxy) is 7. The Bertz CT molecular complexity index is 2380. The zero-order valence-corrected chi connectivity index (χ0v) is 41.0. The minimum absolute atomic E-state index is 0.0383. The van der Waals surface area contributed by atoms with E-state index in [0.29, 0.717) is 5.56 Å². The van der Waals surface area contributed by atoms with Crippen molar-refractivity contribution in [2.75, 3.05) is 13.2 Å². The van der Waals surface area contributed by atoms with Crippen LogP contribution >= 0.6 is 0 Å². The van der Waals surface area contributed by atoms with Crippen LogP contribution in [0.2, 0.25) is 0 Å². The molecule has 372 valence electrons. The minimum atomic E-state index is -1.94. The average Bonchev–Trinajstić information content (AvgIpc) is 3.33. The summed E-state index contributed by atoms with van der Waals surface area (Å²) < 4.78 is 45.5. The Morgan fingerprint density at radius 1 is 0.586 bits per heavy atom. The monoisotopic (exact) mass is 957 g/mol. The first-order valence-electron chi connectivity index (χ1n) is 23.7. The molecule has 0 saturated carbocycles. The maximum Gasteiger partial charge on any atom is 0.408 e. The van der Waals surface area contributed by atoms with Crippen LogP contribution in [0.1, 0.15) is 87.0 Å². The molecular weight excluding hydrogens is 891 g/mol. The quantitative estimate of drug-likeness (QED) is 0.0568. The Labute approximate surface area is 411 Å². The van der Waals surface area contributed by atoms with Crippen LogP contribution in [0.3, 0.4) is 0 Å². The van der Waals surface area contributed by atoms with Gasteiger partial charge in [-0.1, -0.05) is 140 Å². The summed E-state index contributed by atoms with van der Waals surface area (Å²) in [5.41, 5.74) is 0.163. The molecule has 0 radical (unpaired) electrons. The first kappa shape index (κ1) is 52.9. The third-order valence-electron chi connectivity index (χ3n) is 11.0. The maximum atomic E-state index is 14.7. The average molecular weight is 958 g/mol. The van der Waals surface area contributed by atoms with Gasteiger partial charge in [0.25, 0.3) is 5.91 Å². The summed E-state index contributed by atoms with van der Waals surface area (Å²) in [6.45, 7) is 10.7. The van der Waals surface area contributed by atoms with Crippen LogP contribution in [0, 0.1) is 0 Å². The molecule has 3 amide bonds. The topological polar surface area (TPSA) is 169 Å². The SMILES string of the molecule is CC(C)(C)OC(=O)N[C@@H](CCNC(=O)C[C@]1(NC(=O)c2ccccc2)O[C@H](COCc2ccccc2)[C@H](OCc2ccccc2)[C@H](OCc2ccccc2)[C@H]1OCc1ccccc1)C(=O)OC(C)(C)C. The van der Waals surface area contributed by atoms with Gasteiger partial charge >= 0.3 is 12.1 Å². The molecule has 1 aliphatic heterocycles. The highest BCUT2D eigenvalue weighted by molar-refractivity contribution is 5.95. The molecule has 0 bridgehead atoms. The number of hydrogen-bond donors (Lipinski definition) is 3. The first-order valence-corrected chi connectivity index (χ1v) is 23.7. The lowest BCUT2D eigenvalue weighted by Gasteiger charge is -2.52. The van der Waals surface area contributed by atoms with Gasteiger partial charge in [0.2, 0.25) is 5.91 Å². The maximum absolute atomic E-state index is 14.7. The summed E-state index contributed by atoms with van der Waals surface area (Å²) in [4.78, 5) is 55.7. The van der Waals surface area contributed by atoms with Gasteiger partial charge in [0.05, 0.1) is 39.5 Å². The number of amides is 3. The summed E-state index contributed by atoms with van der Waals surface area (Å²) in [6.07, 6.45) is -5.41. The van der Waals surface area contributed by atoms with Gasteiger partial charge < -0.3 is 49.1 Å². The van der Waals surface area contributed by atoms with Crippen molar-refractivity contribution in [2.24, 2.45) is 0 Å². The molecule has 3 N–H and O–H groups in total. The molecule has 1 aliphatic rings. The van der Waals surface area contributed by atoms with E-state index >= 15 is 0 Å². The van der Waals surface area contributed by atoms with E-state index in [-0.39, 0.29) is 46.0 Å². The highest BCUT2D eigenvalue weighted by Crippen LogP contribution is 2.38. The van der Waals surface area contributed by atoms with Crippen molar-refractivity contribution in [3.8, 4) is 0 Å². The predicted octanol–water partition coefficient (Wildman–Crippen LogP) is 8.62. The Kier molecular flexibility index (Phi) is 19.2. The molecule has 0 aromatic heterocycles. The summed E-state index contributed by atoms with van der Waals surface area (Å²) in [5.74, 6) is -1.82.